The highest BCUT2D eigenvalue weighted by Gasteiger charge is 2.07. The first-order valence-corrected chi connectivity index (χ1v) is 7.36. The van der Waals surface area contributed by atoms with E-state index in [2.05, 4.69) is 49.8 Å². The summed E-state index contributed by atoms with van der Waals surface area (Å²) in [6.45, 7) is 4.10. The Morgan fingerprint density at radius 1 is 1.05 bits per heavy atom. The molecule has 0 heterocycles. The Labute approximate surface area is 129 Å². The van der Waals surface area contributed by atoms with Crippen LogP contribution in [0.5, 0.6) is 5.75 Å². The topological polar surface area (TPSA) is 32.6 Å². The van der Waals surface area contributed by atoms with E-state index in [9.17, 15) is 5.11 Å². The fourth-order valence-electron chi connectivity index (χ4n) is 1.69. The number of aliphatic imine (C=N–C) groups is 1. The van der Waals surface area contributed by atoms with E-state index >= 15 is 0 Å². The van der Waals surface area contributed by atoms with Crippen LogP contribution in [-0.2, 0) is 0 Å². The molecule has 0 aliphatic heterocycles. The molecule has 0 bridgehead atoms. The van der Waals surface area contributed by atoms with Crippen molar-refractivity contribution in [1.29, 1.82) is 0 Å². The maximum Gasteiger partial charge on any atom is 0.139 e. The molecule has 2 nitrogen and oxygen atoms in total. The first kappa shape index (κ1) is 14.3. The summed E-state index contributed by atoms with van der Waals surface area (Å²) >= 11 is 6.72. The lowest BCUT2D eigenvalue weighted by Gasteiger charge is -2.06. The van der Waals surface area contributed by atoms with Crippen LogP contribution in [0.3, 0.4) is 0 Å². The number of nitrogens with zero attached hydrogens (tertiary/aromatic N) is 1. The van der Waals surface area contributed by atoms with Crippen molar-refractivity contribution in [3.05, 3.63) is 56.0 Å². The Morgan fingerprint density at radius 2 is 1.74 bits per heavy atom. The number of hydrogen-bond donors (Lipinski definition) is 1. The number of rotatable bonds is 2. The molecule has 0 aliphatic rings. The lowest BCUT2D eigenvalue weighted by Crippen LogP contribution is -1.87. The van der Waals surface area contributed by atoms with E-state index < -0.39 is 0 Å². The van der Waals surface area contributed by atoms with Gasteiger partial charge in [0.05, 0.1) is 10.2 Å². The van der Waals surface area contributed by atoms with Crippen LogP contribution in [0.4, 0.5) is 5.69 Å². The molecule has 0 aliphatic carbocycles. The molecule has 19 heavy (non-hydrogen) atoms. The lowest BCUT2D eigenvalue weighted by molar-refractivity contribution is 0.470. The number of halogens is 2. The Bertz CT molecular complexity index is 651. The van der Waals surface area contributed by atoms with Crippen LogP contribution in [0, 0.1) is 13.8 Å². The van der Waals surface area contributed by atoms with Gasteiger partial charge in [-0.25, -0.2) is 0 Å². The number of phenols is 1. The smallest absolute Gasteiger partial charge is 0.139 e. The van der Waals surface area contributed by atoms with Crippen LogP contribution >= 0.6 is 31.9 Å². The van der Waals surface area contributed by atoms with E-state index in [4.69, 9.17) is 0 Å². The van der Waals surface area contributed by atoms with Gasteiger partial charge in [-0.2, -0.15) is 0 Å². The minimum absolute atomic E-state index is 0.184. The summed E-state index contributed by atoms with van der Waals surface area (Å²) in [4.78, 5) is 4.46. The van der Waals surface area contributed by atoms with Gasteiger partial charge in [0.25, 0.3) is 0 Å². The van der Waals surface area contributed by atoms with Gasteiger partial charge >= 0.3 is 0 Å². The molecule has 1 N–H and O–H groups in total. The first-order valence-electron chi connectivity index (χ1n) is 5.78. The molecule has 0 aromatic heterocycles. The molecule has 0 unspecified atom stereocenters. The maximum atomic E-state index is 10.0. The fraction of sp³-hybridized carbons (Fsp3) is 0.133. The molecule has 2 aromatic rings. The van der Waals surface area contributed by atoms with Crippen molar-refractivity contribution in [2.24, 2.45) is 4.99 Å². The molecule has 4 heteroatoms. The highest BCUT2D eigenvalue weighted by Crippen LogP contribution is 2.32. The van der Waals surface area contributed by atoms with E-state index in [1.165, 1.54) is 5.56 Å². The number of benzene rings is 2. The molecular weight excluding hydrogens is 370 g/mol. The van der Waals surface area contributed by atoms with Gasteiger partial charge in [0.1, 0.15) is 5.75 Å². The normalized spacial score (nSPS) is 11.2. The van der Waals surface area contributed by atoms with Gasteiger partial charge in [0.2, 0.25) is 0 Å². The van der Waals surface area contributed by atoms with E-state index in [1.54, 1.807) is 12.3 Å². The summed E-state index contributed by atoms with van der Waals surface area (Å²) in [5.74, 6) is 0.184. The summed E-state index contributed by atoms with van der Waals surface area (Å²) in [6, 6.07) is 9.65. The molecule has 0 amide bonds. The van der Waals surface area contributed by atoms with Crippen molar-refractivity contribution >= 4 is 43.8 Å². The third-order valence-corrected chi connectivity index (χ3v) is 4.35. The van der Waals surface area contributed by atoms with Crippen molar-refractivity contribution in [3.8, 4) is 5.75 Å². The predicted molar refractivity (Wildman–Crippen MR) is 86.7 cm³/mol. The molecule has 0 spiro atoms. The predicted octanol–water partition coefficient (Wildman–Crippen LogP) is 5.28. The molecule has 98 valence electrons. The minimum Gasteiger partial charge on any atom is -0.506 e. The van der Waals surface area contributed by atoms with Crippen LogP contribution in [0.15, 0.2) is 44.3 Å². The van der Waals surface area contributed by atoms with E-state index in [0.717, 1.165) is 15.7 Å². The third-order valence-electron chi connectivity index (χ3n) is 3.02. The Hall–Kier alpha value is -1.13. The quantitative estimate of drug-likeness (QED) is 0.703. The third kappa shape index (κ3) is 3.07. The van der Waals surface area contributed by atoms with Crippen LogP contribution in [-0.4, -0.2) is 11.3 Å². The van der Waals surface area contributed by atoms with E-state index in [1.807, 2.05) is 25.1 Å². The first-order chi connectivity index (χ1) is 9.00. The average molecular weight is 383 g/mol. The zero-order valence-electron chi connectivity index (χ0n) is 10.6. The van der Waals surface area contributed by atoms with Crippen molar-refractivity contribution in [2.75, 3.05) is 0 Å². The largest absolute Gasteiger partial charge is 0.506 e. The maximum absolute atomic E-state index is 10.0. The van der Waals surface area contributed by atoms with Crippen molar-refractivity contribution < 1.29 is 5.11 Å². The SMILES string of the molecule is Cc1cccc(N=Cc2c(Br)ccc(Br)c2O)c1C. The van der Waals surface area contributed by atoms with Crippen molar-refractivity contribution in [1.82, 2.24) is 0 Å². The highest BCUT2D eigenvalue weighted by atomic mass is 79.9. The second kappa shape index (κ2) is 5.88. The second-order valence-corrected chi connectivity index (χ2v) is 5.98. The molecule has 0 fully saturated rings. The Kier molecular flexibility index (Phi) is 4.42. The van der Waals surface area contributed by atoms with E-state index in [-0.39, 0.29) is 5.75 Å². The standard InChI is InChI=1S/C15H13Br2NO/c1-9-4-3-5-14(10(9)2)18-8-11-12(16)6-7-13(17)15(11)19/h3-8,19H,1-2H3. The average Bonchev–Trinajstić information content (AvgIpc) is 2.39. The monoisotopic (exact) mass is 381 g/mol. The van der Waals surface area contributed by atoms with Crippen LogP contribution in [0.2, 0.25) is 0 Å². The van der Waals surface area contributed by atoms with Gasteiger partial charge in [0, 0.05) is 16.3 Å². The summed E-state index contributed by atoms with van der Waals surface area (Å²) in [5.41, 5.74) is 3.91. The van der Waals surface area contributed by atoms with Gasteiger partial charge in [-0.15, -0.1) is 0 Å². The van der Waals surface area contributed by atoms with Crippen molar-refractivity contribution in [2.45, 2.75) is 13.8 Å². The van der Waals surface area contributed by atoms with Crippen LogP contribution in [0.25, 0.3) is 0 Å². The summed E-state index contributed by atoms with van der Waals surface area (Å²) < 4.78 is 1.46. The number of aryl methyl sites for hydroxylation is 1. The number of aromatic hydroxyl groups is 1. The van der Waals surface area contributed by atoms with Crippen LogP contribution < -0.4 is 0 Å². The lowest BCUT2D eigenvalue weighted by atomic mass is 10.1. The molecule has 2 aromatic carbocycles. The number of hydrogen-bond acceptors (Lipinski definition) is 2. The van der Waals surface area contributed by atoms with Gasteiger partial charge in [-0.05, 0) is 75.0 Å². The molecule has 2 rings (SSSR count). The van der Waals surface area contributed by atoms with E-state index in [0.29, 0.717) is 10.0 Å². The second-order valence-electron chi connectivity index (χ2n) is 4.27. The fourth-order valence-corrected chi connectivity index (χ4v) is 2.46. The highest BCUT2D eigenvalue weighted by molar-refractivity contribution is 9.11. The van der Waals surface area contributed by atoms with Crippen LogP contribution in [0.1, 0.15) is 16.7 Å². The molecular formula is C15H13Br2NO. The summed E-state index contributed by atoms with van der Waals surface area (Å²) in [7, 11) is 0. The van der Waals surface area contributed by atoms with Gasteiger partial charge < -0.3 is 5.11 Å². The van der Waals surface area contributed by atoms with Gasteiger partial charge in [-0.3, -0.25) is 4.99 Å². The minimum atomic E-state index is 0.184. The summed E-state index contributed by atoms with van der Waals surface area (Å²) in [5, 5.41) is 10.0. The molecule has 0 saturated carbocycles. The Morgan fingerprint density at radius 3 is 2.47 bits per heavy atom. The van der Waals surface area contributed by atoms with Gasteiger partial charge in [-0.1, -0.05) is 12.1 Å². The Balaban J connectivity index is 2.44. The van der Waals surface area contributed by atoms with Gasteiger partial charge in [0.15, 0.2) is 0 Å². The molecule has 0 atom stereocenters. The molecule has 0 saturated heterocycles. The molecule has 0 radical (unpaired) electrons. The zero-order chi connectivity index (χ0) is 14.0. The zero-order valence-corrected chi connectivity index (χ0v) is 13.8. The summed E-state index contributed by atoms with van der Waals surface area (Å²) in [6.07, 6.45) is 1.67. The van der Waals surface area contributed by atoms with Crippen molar-refractivity contribution in [3.63, 3.8) is 0 Å². The number of phenolic OH excluding ortho intramolecular Hbond substituents is 1.